The van der Waals surface area contributed by atoms with Crippen molar-refractivity contribution in [3.05, 3.63) is 323 Å². The first-order chi connectivity index (χ1) is 41.8. The molecule has 0 fully saturated rings. The number of halogens is 2. The molecule has 2 unspecified atom stereocenters. The largest absolute Gasteiger partial charge is 0.508 e. The van der Waals surface area contributed by atoms with Crippen LogP contribution in [0.5, 0.6) is 0 Å². The zero-order chi connectivity index (χ0) is 59.8. The van der Waals surface area contributed by atoms with E-state index >= 15 is 0 Å². The number of imidazole rings is 2. The van der Waals surface area contributed by atoms with E-state index in [-0.39, 0.29) is 25.9 Å². The van der Waals surface area contributed by atoms with Gasteiger partial charge in [-0.3, -0.25) is 0 Å². The highest BCUT2D eigenvalue weighted by Crippen LogP contribution is 2.42. The molecule has 0 aliphatic rings. The molecule has 17 heteroatoms. The standard InChI is InChI=1S/C69H66F2N6O7S2/c70-61-41-37-53(38-42-61)45-74-85(79,80)49-65(35-19-33-63-47-76(51-72-63)68(55-21-7-1-8-22-55,56-23-9-2-10-24-56)57-25-11-3-12-26-57)83-67(78)84-66(50-86(81,82)75-46-54-39-43-62(71)44-40-54)36-20-34-64-48-77(52-73-64)69(58-27-13-4-14-28-58,59-29-15-5-16-30-59)60-31-17-6-18-32-60/h1-18,21-32,37-44,47-48,51-52,65-66,74-75H,19-20,33-36,45-46,49-50H2. The third-order valence-corrected chi connectivity index (χ3v) is 18.1. The number of nitrogens with one attached hydrogen (secondary N) is 2. The Morgan fingerprint density at radius 3 is 0.988 bits per heavy atom. The second kappa shape index (κ2) is 27.9. The first-order valence-electron chi connectivity index (χ1n) is 28.5. The molecule has 8 aromatic carbocycles. The van der Waals surface area contributed by atoms with Gasteiger partial charge in [0.15, 0.2) is 0 Å². The quantitative estimate of drug-likeness (QED) is 0.0359. The van der Waals surface area contributed by atoms with Crippen molar-refractivity contribution in [3.63, 3.8) is 0 Å². The minimum atomic E-state index is -4.17. The van der Waals surface area contributed by atoms with E-state index < -0.39 is 72.6 Å². The highest BCUT2D eigenvalue weighted by Gasteiger charge is 2.40. The fourth-order valence-corrected chi connectivity index (χ4v) is 13.7. The number of ether oxygens (including phenoxy) is 2. The lowest BCUT2D eigenvalue weighted by molar-refractivity contribution is 0.00454. The van der Waals surface area contributed by atoms with E-state index in [9.17, 15) is 30.4 Å². The van der Waals surface area contributed by atoms with Crippen molar-refractivity contribution < 1.29 is 39.9 Å². The van der Waals surface area contributed by atoms with Gasteiger partial charge in [-0.25, -0.2) is 49.8 Å². The molecule has 0 aliphatic carbocycles. The predicted octanol–water partition coefficient (Wildman–Crippen LogP) is 12.5. The molecular weight excluding hydrogens is 1130 g/mol. The van der Waals surface area contributed by atoms with Gasteiger partial charge in [0.05, 0.1) is 24.0 Å². The van der Waals surface area contributed by atoms with Crippen molar-refractivity contribution in [2.45, 2.75) is 74.9 Å². The Bertz CT molecular complexity index is 3530. The Labute approximate surface area is 501 Å². The first-order valence-corrected chi connectivity index (χ1v) is 31.8. The van der Waals surface area contributed by atoms with Crippen LogP contribution in [0.3, 0.4) is 0 Å². The van der Waals surface area contributed by atoms with E-state index in [1.165, 1.54) is 48.5 Å². The molecular formula is C69H66F2N6O7S2. The smallest absolute Gasteiger partial charge is 0.430 e. The molecule has 2 heterocycles. The van der Waals surface area contributed by atoms with Crippen LogP contribution in [0, 0.1) is 11.6 Å². The number of carbonyl (C=O) groups excluding carboxylic acids is 1. The van der Waals surface area contributed by atoms with Gasteiger partial charge in [-0.05, 0) is 107 Å². The van der Waals surface area contributed by atoms with Crippen LogP contribution in [-0.2, 0) is 66.5 Å². The van der Waals surface area contributed by atoms with E-state index in [1.54, 1.807) is 12.7 Å². The third-order valence-electron chi connectivity index (χ3n) is 15.3. The fourth-order valence-electron chi connectivity index (χ4n) is 11.2. The molecule has 0 aliphatic heterocycles. The molecule has 2 aromatic heterocycles. The van der Waals surface area contributed by atoms with Crippen molar-refractivity contribution in [1.29, 1.82) is 0 Å². The number of sulfonamides is 2. The van der Waals surface area contributed by atoms with Crippen LogP contribution in [0.1, 0.15) is 81.6 Å². The molecule has 2 atom stereocenters. The predicted molar refractivity (Wildman–Crippen MR) is 329 cm³/mol. The number of carbonyl (C=O) groups is 1. The van der Waals surface area contributed by atoms with Gasteiger partial charge in [0.25, 0.3) is 0 Å². The van der Waals surface area contributed by atoms with Crippen LogP contribution in [0.25, 0.3) is 0 Å². The van der Waals surface area contributed by atoms with Gasteiger partial charge >= 0.3 is 6.16 Å². The van der Waals surface area contributed by atoms with Crippen LogP contribution in [0.15, 0.2) is 256 Å². The van der Waals surface area contributed by atoms with E-state index in [4.69, 9.17) is 19.4 Å². The monoisotopic (exact) mass is 1190 g/mol. The highest BCUT2D eigenvalue weighted by atomic mass is 32.2. The molecule has 0 bridgehead atoms. The zero-order valence-electron chi connectivity index (χ0n) is 47.2. The summed E-state index contributed by atoms with van der Waals surface area (Å²) in [6.45, 7) is -0.309. The maximum absolute atomic E-state index is 14.2. The van der Waals surface area contributed by atoms with Crippen LogP contribution in [0.4, 0.5) is 13.6 Å². The van der Waals surface area contributed by atoms with Crippen LogP contribution in [-0.4, -0.2) is 65.8 Å². The van der Waals surface area contributed by atoms with Gasteiger partial charge in [0, 0.05) is 25.5 Å². The van der Waals surface area contributed by atoms with Crippen LogP contribution < -0.4 is 9.44 Å². The van der Waals surface area contributed by atoms with Gasteiger partial charge in [-0.15, -0.1) is 0 Å². The number of hydrogen-bond donors (Lipinski definition) is 2. The molecule has 0 saturated heterocycles. The molecule has 0 saturated carbocycles. The lowest BCUT2D eigenvalue weighted by Crippen LogP contribution is -2.37. The van der Waals surface area contributed by atoms with E-state index in [0.29, 0.717) is 48.2 Å². The minimum Gasteiger partial charge on any atom is -0.430 e. The summed E-state index contributed by atoms with van der Waals surface area (Å²) in [7, 11) is -8.34. The van der Waals surface area contributed by atoms with Crippen molar-refractivity contribution >= 4 is 26.2 Å². The minimum absolute atomic E-state index is 0.0436. The number of benzene rings is 8. The molecule has 440 valence electrons. The Morgan fingerprint density at radius 1 is 0.430 bits per heavy atom. The molecule has 0 radical (unpaired) electrons. The number of aryl methyl sites for hydroxylation is 2. The summed E-state index contributed by atoms with van der Waals surface area (Å²) < 4.78 is 104. The number of rotatable bonds is 28. The van der Waals surface area contributed by atoms with Gasteiger partial charge < -0.3 is 18.6 Å². The SMILES string of the molecule is O=C(OC(CCCc1cn(C(c2ccccc2)(c2ccccc2)c2ccccc2)cn1)CS(=O)(=O)NCc1ccc(F)cc1)OC(CCCc1cn(C(c2ccccc2)(c2ccccc2)c2ccccc2)cn1)CS(=O)(=O)NCc1ccc(F)cc1. The normalized spacial score (nSPS) is 12.8. The lowest BCUT2D eigenvalue weighted by Gasteiger charge is -2.37. The van der Waals surface area contributed by atoms with Gasteiger partial charge in [0.1, 0.15) is 46.4 Å². The molecule has 0 amide bonds. The molecule has 86 heavy (non-hydrogen) atoms. The molecule has 10 aromatic rings. The Hall–Kier alpha value is -8.87. The van der Waals surface area contributed by atoms with Gasteiger partial charge in [-0.2, -0.15) is 0 Å². The summed E-state index contributed by atoms with van der Waals surface area (Å²) in [4.78, 5) is 23.9. The number of aromatic nitrogens is 4. The van der Waals surface area contributed by atoms with E-state index in [2.05, 4.69) is 91.4 Å². The summed E-state index contributed by atoms with van der Waals surface area (Å²) in [5.74, 6) is -2.29. The maximum Gasteiger partial charge on any atom is 0.508 e. The van der Waals surface area contributed by atoms with Gasteiger partial charge in [-0.1, -0.05) is 206 Å². The number of nitrogens with zero attached hydrogens (tertiary/aromatic N) is 4. The number of hydrogen-bond acceptors (Lipinski definition) is 9. The average Bonchev–Trinajstić information content (AvgIpc) is 1.78. The van der Waals surface area contributed by atoms with E-state index in [0.717, 1.165) is 33.4 Å². The summed E-state index contributed by atoms with van der Waals surface area (Å²) in [6.07, 6.45) is 5.17. The average molecular weight is 1190 g/mol. The molecule has 13 nitrogen and oxygen atoms in total. The van der Waals surface area contributed by atoms with Crippen molar-refractivity contribution in [1.82, 2.24) is 28.5 Å². The fraction of sp³-hybridized carbons (Fsp3) is 0.203. The van der Waals surface area contributed by atoms with Crippen LogP contribution in [0.2, 0.25) is 0 Å². The van der Waals surface area contributed by atoms with Crippen molar-refractivity contribution in [2.24, 2.45) is 0 Å². The Balaban J connectivity index is 0.891. The summed E-state index contributed by atoms with van der Waals surface area (Å²) >= 11 is 0. The second-order valence-electron chi connectivity index (χ2n) is 21.1. The van der Waals surface area contributed by atoms with E-state index in [1.807, 2.05) is 122 Å². The van der Waals surface area contributed by atoms with Crippen molar-refractivity contribution in [2.75, 3.05) is 11.5 Å². The van der Waals surface area contributed by atoms with Crippen LogP contribution >= 0.6 is 0 Å². The van der Waals surface area contributed by atoms with Crippen molar-refractivity contribution in [3.8, 4) is 0 Å². The summed E-state index contributed by atoms with van der Waals surface area (Å²) in [5, 5.41) is 0. The highest BCUT2D eigenvalue weighted by molar-refractivity contribution is 7.89. The molecule has 0 spiro atoms. The first kappa shape index (κ1) is 60.3. The third kappa shape index (κ3) is 14.8. The Morgan fingerprint density at radius 2 is 0.709 bits per heavy atom. The topological polar surface area (TPSA) is 164 Å². The Kier molecular flexibility index (Phi) is 19.5. The maximum atomic E-state index is 14.2. The van der Waals surface area contributed by atoms with Gasteiger partial charge in [0.2, 0.25) is 20.0 Å². The summed E-state index contributed by atoms with van der Waals surface area (Å²) in [5.41, 5.74) is 6.79. The molecule has 2 N–H and O–H groups in total. The molecule has 10 rings (SSSR count). The summed E-state index contributed by atoms with van der Waals surface area (Å²) in [6, 6.07) is 71.6. The zero-order valence-corrected chi connectivity index (χ0v) is 48.8. The second-order valence-corrected chi connectivity index (χ2v) is 24.8. The lowest BCUT2D eigenvalue weighted by atomic mass is 9.77.